The number of hydrogen-bond acceptors (Lipinski definition) is 4. The fraction of sp³-hybridized carbons (Fsp3) is 0.423. The third-order valence-electron chi connectivity index (χ3n) is 6.32. The van der Waals surface area contributed by atoms with E-state index in [1.165, 1.54) is 0 Å². The summed E-state index contributed by atoms with van der Waals surface area (Å²) in [5.41, 5.74) is 3.47. The van der Waals surface area contributed by atoms with Gasteiger partial charge in [-0.3, -0.25) is 4.90 Å². The summed E-state index contributed by atoms with van der Waals surface area (Å²) in [7, 11) is 0. The molecule has 3 unspecified atom stereocenters. The van der Waals surface area contributed by atoms with Crippen molar-refractivity contribution < 1.29 is 13.5 Å². The van der Waals surface area contributed by atoms with E-state index in [9.17, 15) is 8.78 Å². The molecular formula is C26H29F2N3O. The lowest BCUT2D eigenvalue weighted by atomic mass is 9.97. The Morgan fingerprint density at radius 2 is 2.00 bits per heavy atom. The monoisotopic (exact) mass is 437 g/mol. The van der Waals surface area contributed by atoms with Crippen LogP contribution in [0.25, 0.3) is 0 Å². The van der Waals surface area contributed by atoms with Crippen molar-refractivity contribution in [2.24, 2.45) is 5.92 Å². The minimum atomic E-state index is -1.11. The molecule has 0 aromatic heterocycles. The summed E-state index contributed by atoms with van der Waals surface area (Å²) < 4.78 is 34.3. The molecule has 1 aliphatic heterocycles. The van der Waals surface area contributed by atoms with Gasteiger partial charge in [-0.05, 0) is 47.7 Å². The zero-order valence-corrected chi connectivity index (χ0v) is 18.4. The molecule has 1 saturated carbocycles. The minimum Gasteiger partial charge on any atom is -0.493 e. The standard InChI is InChI=1S/C26H29F2N3O/c1-18(9-10-29)30-13-19-3-5-20(6-4-19)14-31-15-21-7-8-23(11-24(21)25(27)16-31)32-17-22-12-26(22,2)28/h3-8,11,22,25,30H,1,9,12-17H2,2H3. The van der Waals surface area contributed by atoms with Crippen LogP contribution in [-0.4, -0.2) is 23.7 Å². The first-order valence-electron chi connectivity index (χ1n) is 11.0. The van der Waals surface area contributed by atoms with E-state index in [0.29, 0.717) is 62.6 Å². The van der Waals surface area contributed by atoms with Gasteiger partial charge in [0, 0.05) is 37.8 Å². The van der Waals surface area contributed by atoms with E-state index >= 15 is 0 Å². The van der Waals surface area contributed by atoms with Gasteiger partial charge in [0.05, 0.1) is 19.1 Å². The van der Waals surface area contributed by atoms with Crippen LogP contribution in [0, 0.1) is 17.2 Å². The van der Waals surface area contributed by atoms with Crippen LogP contribution in [0.2, 0.25) is 0 Å². The molecule has 0 saturated heterocycles. The van der Waals surface area contributed by atoms with Gasteiger partial charge in [-0.15, -0.1) is 0 Å². The summed E-state index contributed by atoms with van der Waals surface area (Å²) in [4.78, 5) is 2.11. The van der Waals surface area contributed by atoms with E-state index in [1.54, 1.807) is 13.0 Å². The fourth-order valence-electron chi connectivity index (χ4n) is 4.11. The van der Waals surface area contributed by atoms with Crippen LogP contribution in [0.4, 0.5) is 8.78 Å². The highest BCUT2D eigenvalue weighted by molar-refractivity contribution is 5.39. The maximum Gasteiger partial charge on any atom is 0.138 e. The van der Waals surface area contributed by atoms with Crippen LogP contribution in [0.5, 0.6) is 5.75 Å². The van der Waals surface area contributed by atoms with E-state index in [1.807, 2.05) is 24.3 Å². The van der Waals surface area contributed by atoms with E-state index in [2.05, 4.69) is 35.0 Å². The van der Waals surface area contributed by atoms with Crippen molar-refractivity contribution in [3.8, 4) is 11.8 Å². The second-order valence-electron chi connectivity index (χ2n) is 9.10. The number of alkyl halides is 2. The van der Waals surface area contributed by atoms with Gasteiger partial charge in [-0.1, -0.05) is 36.9 Å². The quantitative estimate of drug-likeness (QED) is 0.574. The number of allylic oxidation sites excluding steroid dienone is 1. The van der Waals surface area contributed by atoms with Crippen molar-refractivity contribution in [1.82, 2.24) is 10.2 Å². The van der Waals surface area contributed by atoms with E-state index < -0.39 is 11.8 Å². The fourth-order valence-corrected chi connectivity index (χ4v) is 4.11. The number of hydrogen-bond donors (Lipinski definition) is 1. The summed E-state index contributed by atoms with van der Waals surface area (Å²) in [5.74, 6) is 0.554. The van der Waals surface area contributed by atoms with Crippen molar-refractivity contribution in [2.75, 3.05) is 13.2 Å². The van der Waals surface area contributed by atoms with Gasteiger partial charge >= 0.3 is 0 Å². The molecule has 168 valence electrons. The molecule has 2 aromatic rings. The van der Waals surface area contributed by atoms with E-state index in [0.717, 1.165) is 16.7 Å². The van der Waals surface area contributed by atoms with E-state index in [4.69, 9.17) is 10.00 Å². The molecule has 32 heavy (non-hydrogen) atoms. The summed E-state index contributed by atoms with van der Waals surface area (Å²) in [5, 5.41) is 11.8. The smallest absolute Gasteiger partial charge is 0.138 e. The summed E-state index contributed by atoms with van der Waals surface area (Å²) >= 11 is 0. The Balaban J connectivity index is 1.31. The number of nitrogens with one attached hydrogen (secondary N) is 1. The van der Waals surface area contributed by atoms with Crippen molar-refractivity contribution in [3.63, 3.8) is 0 Å². The second kappa shape index (κ2) is 9.30. The summed E-state index contributed by atoms with van der Waals surface area (Å²) in [6.07, 6.45) is -0.249. The second-order valence-corrected chi connectivity index (χ2v) is 9.10. The van der Waals surface area contributed by atoms with Crippen molar-refractivity contribution in [2.45, 2.75) is 51.2 Å². The van der Waals surface area contributed by atoms with Gasteiger partial charge in [-0.25, -0.2) is 8.78 Å². The molecule has 1 N–H and O–H groups in total. The molecule has 0 amide bonds. The highest BCUT2D eigenvalue weighted by Crippen LogP contribution is 2.47. The first kappa shape index (κ1) is 22.3. The lowest BCUT2D eigenvalue weighted by Gasteiger charge is -2.31. The van der Waals surface area contributed by atoms with Crippen molar-refractivity contribution in [1.29, 1.82) is 5.26 Å². The third-order valence-corrected chi connectivity index (χ3v) is 6.32. The highest BCUT2D eigenvalue weighted by Gasteiger charge is 2.51. The zero-order chi connectivity index (χ0) is 22.7. The molecular weight excluding hydrogens is 408 g/mol. The predicted octanol–water partition coefficient (Wildman–Crippen LogP) is 5.36. The highest BCUT2D eigenvalue weighted by atomic mass is 19.1. The van der Waals surface area contributed by atoms with Crippen LogP contribution in [0.1, 0.15) is 48.2 Å². The molecule has 1 aliphatic carbocycles. The maximum absolute atomic E-state index is 14.9. The minimum absolute atomic E-state index is 0.0614. The van der Waals surface area contributed by atoms with Gasteiger partial charge in [0.1, 0.15) is 17.6 Å². The van der Waals surface area contributed by atoms with Gasteiger partial charge in [0.2, 0.25) is 0 Å². The Bertz CT molecular complexity index is 1010. The van der Waals surface area contributed by atoms with Crippen LogP contribution in [0.15, 0.2) is 54.7 Å². The largest absolute Gasteiger partial charge is 0.493 e. The van der Waals surface area contributed by atoms with Gasteiger partial charge in [-0.2, -0.15) is 5.26 Å². The number of halogens is 2. The molecule has 4 rings (SSSR count). The number of rotatable bonds is 9. The Labute approximate surface area is 188 Å². The van der Waals surface area contributed by atoms with Crippen LogP contribution in [0.3, 0.4) is 0 Å². The van der Waals surface area contributed by atoms with E-state index in [-0.39, 0.29) is 5.92 Å². The molecule has 2 aliphatic rings. The molecule has 4 nitrogen and oxygen atoms in total. The molecule has 0 bridgehead atoms. The topological polar surface area (TPSA) is 48.3 Å². The van der Waals surface area contributed by atoms with Gasteiger partial charge < -0.3 is 10.1 Å². The Hall–Kier alpha value is -2.91. The number of fused-ring (bicyclic) bond motifs is 1. The normalized spacial score (nSPS) is 24.3. The lowest BCUT2D eigenvalue weighted by Crippen LogP contribution is -2.31. The van der Waals surface area contributed by atoms with Gasteiger partial charge in [0.25, 0.3) is 0 Å². The Morgan fingerprint density at radius 3 is 2.69 bits per heavy atom. The average Bonchev–Trinajstić information content (AvgIpc) is 3.38. The van der Waals surface area contributed by atoms with Crippen LogP contribution < -0.4 is 10.1 Å². The molecule has 1 heterocycles. The van der Waals surface area contributed by atoms with Crippen LogP contribution >= 0.6 is 0 Å². The molecule has 3 atom stereocenters. The molecule has 1 fully saturated rings. The lowest BCUT2D eigenvalue weighted by molar-refractivity contribution is 0.158. The Morgan fingerprint density at radius 1 is 1.28 bits per heavy atom. The maximum atomic E-state index is 14.9. The van der Waals surface area contributed by atoms with Gasteiger partial charge in [0.15, 0.2) is 0 Å². The third kappa shape index (κ3) is 5.46. The molecule has 2 aromatic carbocycles. The SMILES string of the molecule is C=C(CC#N)NCc1ccc(CN2Cc3ccc(OCC4CC4(C)F)cc3C(F)C2)cc1. The molecule has 0 spiro atoms. The summed E-state index contributed by atoms with van der Waals surface area (Å²) in [6, 6.07) is 15.8. The number of benzene rings is 2. The number of nitrogens with zero attached hydrogens (tertiary/aromatic N) is 2. The van der Waals surface area contributed by atoms with Crippen molar-refractivity contribution in [3.05, 3.63) is 77.0 Å². The zero-order valence-electron chi connectivity index (χ0n) is 18.4. The average molecular weight is 438 g/mol. The van der Waals surface area contributed by atoms with Crippen LogP contribution in [-0.2, 0) is 19.6 Å². The predicted molar refractivity (Wildman–Crippen MR) is 120 cm³/mol. The first-order valence-corrected chi connectivity index (χ1v) is 11.0. The van der Waals surface area contributed by atoms with Crippen molar-refractivity contribution >= 4 is 0 Å². The molecule has 0 radical (unpaired) electrons. The Kier molecular flexibility index (Phi) is 6.48. The summed E-state index contributed by atoms with van der Waals surface area (Å²) in [6.45, 7) is 8.06. The number of nitriles is 1. The first-order chi connectivity index (χ1) is 15.3. The number of ether oxygens (including phenoxy) is 1. The molecule has 6 heteroatoms.